The molecule has 0 radical (unpaired) electrons. The summed E-state index contributed by atoms with van der Waals surface area (Å²) in [5, 5.41) is 0. The number of sulfonamides is 1. The van der Waals surface area contributed by atoms with Crippen LogP contribution in [-0.4, -0.2) is 54.2 Å². The maximum Gasteiger partial charge on any atom is 0.272 e. The lowest BCUT2D eigenvalue weighted by Crippen LogP contribution is -2.45. The fraction of sp³-hybridized carbons (Fsp3) is 0.714. The number of imidazole rings is 1. The molecule has 2 rings (SSSR count). The number of nitrogens with one attached hydrogen (secondary N) is 1. The van der Waals surface area contributed by atoms with Crippen molar-refractivity contribution in [1.82, 2.24) is 19.2 Å². The highest BCUT2D eigenvalue weighted by Gasteiger charge is 2.28. The summed E-state index contributed by atoms with van der Waals surface area (Å²) in [5.74, 6) is -0.0107. The standard InChI is InChI=1S/C14H24N4O3S/c1-3-17-11-15-10-13(17)14(19)18-9-5-4-6-12(18)7-8-16-22(2,20)21/h10-12,16H,3-9H2,1-2H3/t12-/m0/s1. The lowest BCUT2D eigenvalue weighted by molar-refractivity contribution is 0.0593. The number of carbonyl (C=O) groups is 1. The van der Waals surface area contributed by atoms with Gasteiger partial charge in [0.25, 0.3) is 5.91 Å². The first-order chi connectivity index (χ1) is 10.4. The van der Waals surface area contributed by atoms with Gasteiger partial charge in [-0.1, -0.05) is 0 Å². The van der Waals surface area contributed by atoms with E-state index in [1.807, 2.05) is 16.4 Å². The van der Waals surface area contributed by atoms with Gasteiger partial charge in [0.2, 0.25) is 10.0 Å². The summed E-state index contributed by atoms with van der Waals surface area (Å²) in [5.41, 5.74) is 0.602. The molecule has 7 nitrogen and oxygen atoms in total. The van der Waals surface area contributed by atoms with E-state index in [1.165, 1.54) is 0 Å². The van der Waals surface area contributed by atoms with Crippen LogP contribution in [0.3, 0.4) is 0 Å². The predicted molar refractivity (Wildman–Crippen MR) is 84.0 cm³/mol. The molecule has 22 heavy (non-hydrogen) atoms. The minimum Gasteiger partial charge on any atom is -0.334 e. The van der Waals surface area contributed by atoms with Crippen molar-refractivity contribution in [1.29, 1.82) is 0 Å². The largest absolute Gasteiger partial charge is 0.334 e. The number of aryl methyl sites for hydroxylation is 1. The molecule has 1 fully saturated rings. The van der Waals surface area contributed by atoms with Gasteiger partial charge in [0.05, 0.1) is 18.8 Å². The SMILES string of the molecule is CCn1cncc1C(=O)N1CCCC[C@H]1CCNS(C)(=O)=O. The molecule has 1 amide bonds. The molecule has 1 saturated heterocycles. The Kier molecular flexibility index (Phi) is 5.57. The second-order valence-corrected chi connectivity index (χ2v) is 7.50. The molecule has 1 aliphatic heterocycles. The van der Waals surface area contributed by atoms with Crippen LogP contribution >= 0.6 is 0 Å². The summed E-state index contributed by atoms with van der Waals surface area (Å²) in [6, 6.07) is 0.0794. The minimum atomic E-state index is -3.18. The molecule has 1 aromatic rings. The zero-order chi connectivity index (χ0) is 16.2. The van der Waals surface area contributed by atoms with Gasteiger partial charge in [0.15, 0.2) is 0 Å². The summed E-state index contributed by atoms with van der Waals surface area (Å²) in [4.78, 5) is 18.7. The third-order valence-electron chi connectivity index (χ3n) is 4.00. The maximum atomic E-state index is 12.7. The highest BCUT2D eigenvalue weighted by molar-refractivity contribution is 7.88. The van der Waals surface area contributed by atoms with Gasteiger partial charge >= 0.3 is 0 Å². The van der Waals surface area contributed by atoms with Gasteiger partial charge in [-0.05, 0) is 32.6 Å². The molecule has 1 aliphatic rings. The third-order valence-corrected chi connectivity index (χ3v) is 4.73. The Morgan fingerprint density at radius 3 is 2.91 bits per heavy atom. The predicted octanol–water partition coefficient (Wildman–Crippen LogP) is 0.837. The van der Waals surface area contributed by atoms with Gasteiger partial charge in [-0.15, -0.1) is 0 Å². The van der Waals surface area contributed by atoms with Gasteiger partial charge in [0, 0.05) is 25.7 Å². The van der Waals surface area contributed by atoms with E-state index in [1.54, 1.807) is 12.5 Å². The number of hydrogen-bond donors (Lipinski definition) is 1. The Labute approximate surface area is 131 Å². The van der Waals surface area contributed by atoms with Crippen LogP contribution in [0.25, 0.3) is 0 Å². The van der Waals surface area contributed by atoms with Gasteiger partial charge < -0.3 is 9.47 Å². The molecule has 2 heterocycles. The quantitative estimate of drug-likeness (QED) is 0.838. The fourth-order valence-corrected chi connectivity index (χ4v) is 3.37. The van der Waals surface area contributed by atoms with Gasteiger partial charge in [-0.25, -0.2) is 18.1 Å². The number of hydrogen-bond acceptors (Lipinski definition) is 4. The first-order valence-electron chi connectivity index (χ1n) is 7.68. The topological polar surface area (TPSA) is 84.3 Å². The molecular weight excluding hydrogens is 304 g/mol. The highest BCUT2D eigenvalue weighted by atomic mass is 32.2. The average Bonchev–Trinajstić information content (AvgIpc) is 2.94. The molecule has 0 saturated carbocycles. The van der Waals surface area contributed by atoms with E-state index >= 15 is 0 Å². The average molecular weight is 328 g/mol. The van der Waals surface area contributed by atoms with Crippen molar-refractivity contribution in [3.05, 3.63) is 18.2 Å². The Balaban J connectivity index is 2.04. The van der Waals surface area contributed by atoms with Gasteiger partial charge in [0.1, 0.15) is 5.69 Å². The van der Waals surface area contributed by atoms with Crippen LogP contribution in [0, 0.1) is 0 Å². The van der Waals surface area contributed by atoms with Crippen molar-refractivity contribution in [2.75, 3.05) is 19.3 Å². The van der Waals surface area contributed by atoms with Crippen molar-refractivity contribution in [3.8, 4) is 0 Å². The van der Waals surface area contributed by atoms with Crippen LogP contribution in [0.2, 0.25) is 0 Å². The fourth-order valence-electron chi connectivity index (χ4n) is 2.88. The molecule has 0 bridgehead atoms. The van der Waals surface area contributed by atoms with Crippen LogP contribution in [0.5, 0.6) is 0 Å². The zero-order valence-corrected chi connectivity index (χ0v) is 14.0. The van der Waals surface area contributed by atoms with Crippen molar-refractivity contribution in [3.63, 3.8) is 0 Å². The number of piperidine rings is 1. The van der Waals surface area contributed by atoms with E-state index < -0.39 is 10.0 Å². The van der Waals surface area contributed by atoms with E-state index in [2.05, 4.69) is 9.71 Å². The molecule has 0 aromatic carbocycles. The van der Waals surface area contributed by atoms with Crippen molar-refractivity contribution >= 4 is 15.9 Å². The lowest BCUT2D eigenvalue weighted by Gasteiger charge is -2.36. The number of amides is 1. The van der Waals surface area contributed by atoms with Crippen LogP contribution < -0.4 is 4.72 Å². The van der Waals surface area contributed by atoms with Crippen molar-refractivity contribution in [2.24, 2.45) is 0 Å². The van der Waals surface area contributed by atoms with Gasteiger partial charge in [-0.2, -0.15) is 0 Å². The number of likely N-dealkylation sites (tertiary alicyclic amines) is 1. The minimum absolute atomic E-state index is 0.0107. The van der Waals surface area contributed by atoms with Crippen LogP contribution in [0.1, 0.15) is 43.1 Å². The Hall–Kier alpha value is -1.41. The molecule has 0 unspecified atom stereocenters. The van der Waals surface area contributed by atoms with E-state index in [9.17, 15) is 13.2 Å². The summed E-state index contributed by atoms with van der Waals surface area (Å²) in [6.45, 7) is 3.76. The Morgan fingerprint density at radius 2 is 2.23 bits per heavy atom. The van der Waals surface area contributed by atoms with E-state index in [-0.39, 0.29) is 11.9 Å². The lowest BCUT2D eigenvalue weighted by atomic mass is 9.99. The molecule has 1 atom stereocenters. The van der Waals surface area contributed by atoms with Crippen molar-refractivity contribution in [2.45, 2.75) is 45.2 Å². The monoisotopic (exact) mass is 328 g/mol. The normalized spacial score (nSPS) is 19.4. The maximum absolute atomic E-state index is 12.7. The third kappa shape index (κ3) is 4.30. The van der Waals surface area contributed by atoms with Crippen LogP contribution in [0.15, 0.2) is 12.5 Å². The van der Waals surface area contributed by atoms with E-state index in [0.717, 1.165) is 32.1 Å². The zero-order valence-electron chi connectivity index (χ0n) is 13.2. The van der Waals surface area contributed by atoms with Crippen LogP contribution in [-0.2, 0) is 16.6 Å². The van der Waals surface area contributed by atoms with E-state index in [4.69, 9.17) is 0 Å². The number of rotatable bonds is 6. The number of nitrogens with zero attached hydrogens (tertiary/aromatic N) is 3. The molecule has 1 N–H and O–H groups in total. The molecular formula is C14H24N4O3S. The summed E-state index contributed by atoms with van der Waals surface area (Å²) < 4.78 is 26.6. The second-order valence-electron chi connectivity index (χ2n) is 5.67. The van der Waals surface area contributed by atoms with Crippen LogP contribution in [0.4, 0.5) is 0 Å². The molecule has 1 aromatic heterocycles. The first-order valence-corrected chi connectivity index (χ1v) is 9.57. The molecule has 8 heteroatoms. The van der Waals surface area contributed by atoms with Gasteiger partial charge in [-0.3, -0.25) is 4.79 Å². The second kappa shape index (κ2) is 7.23. The van der Waals surface area contributed by atoms with E-state index in [0.29, 0.717) is 25.2 Å². The Morgan fingerprint density at radius 1 is 1.45 bits per heavy atom. The molecule has 124 valence electrons. The first kappa shape index (κ1) is 17.0. The highest BCUT2D eigenvalue weighted by Crippen LogP contribution is 2.21. The summed E-state index contributed by atoms with van der Waals surface area (Å²) >= 11 is 0. The summed E-state index contributed by atoms with van der Waals surface area (Å²) in [7, 11) is -3.18. The number of carbonyl (C=O) groups excluding carboxylic acids is 1. The molecule has 0 spiro atoms. The summed E-state index contributed by atoms with van der Waals surface area (Å²) in [6.07, 6.45) is 8.03. The Bertz CT molecular complexity index is 611. The smallest absolute Gasteiger partial charge is 0.272 e. The molecule has 0 aliphatic carbocycles. The number of aromatic nitrogens is 2. The van der Waals surface area contributed by atoms with Crippen molar-refractivity contribution < 1.29 is 13.2 Å².